The van der Waals surface area contributed by atoms with E-state index < -0.39 is 11.4 Å². The lowest BCUT2D eigenvalue weighted by Crippen LogP contribution is -2.42. The first kappa shape index (κ1) is 11.5. The molecule has 1 fully saturated rings. The topological polar surface area (TPSA) is 36.4 Å². The van der Waals surface area contributed by atoms with Gasteiger partial charge in [-0.1, -0.05) is 6.92 Å². The first-order valence-electron chi connectivity index (χ1n) is 5.70. The van der Waals surface area contributed by atoms with Gasteiger partial charge in [-0.25, -0.2) is 4.39 Å². The van der Waals surface area contributed by atoms with E-state index in [4.69, 9.17) is 0 Å². The molecule has 1 saturated heterocycles. The smallest absolute Gasteiger partial charge is 0.147 e. The third kappa shape index (κ3) is 2.08. The van der Waals surface area contributed by atoms with Crippen molar-refractivity contribution in [3.63, 3.8) is 0 Å². The maximum Gasteiger partial charge on any atom is 0.147 e. The zero-order chi connectivity index (χ0) is 11.6. The second-order valence-corrected chi connectivity index (χ2v) is 4.32. The van der Waals surface area contributed by atoms with Gasteiger partial charge in [-0.15, -0.1) is 0 Å². The highest BCUT2D eigenvalue weighted by Crippen LogP contribution is 2.33. The van der Waals surface area contributed by atoms with Crippen molar-refractivity contribution in [2.24, 2.45) is 0 Å². The lowest BCUT2D eigenvalue weighted by atomic mass is 9.84. The van der Waals surface area contributed by atoms with Gasteiger partial charge in [0, 0.05) is 24.8 Å². The van der Waals surface area contributed by atoms with Gasteiger partial charge in [0.05, 0.1) is 11.8 Å². The highest BCUT2D eigenvalue weighted by molar-refractivity contribution is 5.22. The fraction of sp³-hybridized carbons (Fsp3) is 0.583. The van der Waals surface area contributed by atoms with Crippen LogP contribution >= 0.6 is 0 Å². The molecule has 4 heteroatoms. The van der Waals surface area contributed by atoms with Crippen LogP contribution in [0.15, 0.2) is 18.5 Å². The van der Waals surface area contributed by atoms with Crippen LogP contribution in [0.25, 0.3) is 0 Å². The number of nitrogens with zero attached hydrogens (tertiary/aromatic N) is 2. The van der Waals surface area contributed by atoms with E-state index in [1.54, 1.807) is 6.07 Å². The highest BCUT2D eigenvalue weighted by atomic mass is 19.1. The molecule has 16 heavy (non-hydrogen) atoms. The summed E-state index contributed by atoms with van der Waals surface area (Å²) < 4.78 is 13.6. The van der Waals surface area contributed by atoms with Crippen LogP contribution in [0.1, 0.15) is 25.3 Å². The SMILES string of the molecule is CCN1CCC(O)(c2ccncc2F)CC1. The van der Waals surface area contributed by atoms with Crippen molar-refractivity contribution in [1.82, 2.24) is 9.88 Å². The second-order valence-electron chi connectivity index (χ2n) is 4.32. The van der Waals surface area contributed by atoms with E-state index in [9.17, 15) is 9.50 Å². The lowest BCUT2D eigenvalue weighted by molar-refractivity contribution is -0.0273. The number of hydrogen-bond donors (Lipinski definition) is 1. The number of halogens is 1. The number of hydrogen-bond acceptors (Lipinski definition) is 3. The van der Waals surface area contributed by atoms with Crippen LogP contribution in [-0.2, 0) is 5.60 Å². The predicted molar refractivity (Wildman–Crippen MR) is 59.4 cm³/mol. The molecule has 0 radical (unpaired) electrons. The molecule has 0 amide bonds. The molecule has 1 aromatic heterocycles. The number of aromatic nitrogens is 1. The number of likely N-dealkylation sites (tertiary alicyclic amines) is 1. The van der Waals surface area contributed by atoms with Crippen LogP contribution < -0.4 is 0 Å². The predicted octanol–water partition coefficient (Wildman–Crippen LogP) is 1.52. The summed E-state index contributed by atoms with van der Waals surface area (Å²) in [4.78, 5) is 5.96. The minimum Gasteiger partial charge on any atom is -0.385 e. The third-order valence-corrected chi connectivity index (χ3v) is 3.40. The average molecular weight is 224 g/mol. The molecule has 1 aromatic rings. The van der Waals surface area contributed by atoms with Gasteiger partial charge >= 0.3 is 0 Å². The fourth-order valence-electron chi connectivity index (χ4n) is 2.26. The normalized spacial score (nSPS) is 20.9. The van der Waals surface area contributed by atoms with Crippen LogP contribution in [0.3, 0.4) is 0 Å². The molecule has 0 atom stereocenters. The van der Waals surface area contributed by atoms with Gasteiger partial charge in [0.15, 0.2) is 0 Å². The van der Waals surface area contributed by atoms with Crippen molar-refractivity contribution < 1.29 is 9.50 Å². The molecule has 2 heterocycles. The van der Waals surface area contributed by atoms with Crippen LogP contribution in [0, 0.1) is 5.82 Å². The summed E-state index contributed by atoms with van der Waals surface area (Å²) in [7, 11) is 0. The van der Waals surface area contributed by atoms with E-state index in [1.807, 2.05) is 0 Å². The largest absolute Gasteiger partial charge is 0.385 e. The molecule has 0 aliphatic carbocycles. The Morgan fingerprint density at radius 2 is 2.19 bits per heavy atom. The van der Waals surface area contributed by atoms with Crippen molar-refractivity contribution in [2.45, 2.75) is 25.4 Å². The number of pyridine rings is 1. The van der Waals surface area contributed by atoms with Crippen LogP contribution in [-0.4, -0.2) is 34.6 Å². The zero-order valence-corrected chi connectivity index (χ0v) is 9.49. The first-order chi connectivity index (χ1) is 7.65. The Morgan fingerprint density at radius 1 is 1.50 bits per heavy atom. The minimum absolute atomic E-state index is 0.387. The molecule has 0 spiro atoms. The molecule has 3 nitrogen and oxygen atoms in total. The van der Waals surface area contributed by atoms with Gasteiger partial charge in [0.25, 0.3) is 0 Å². The Balaban J connectivity index is 2.18. The molecule has 0 aromatic carbocycles. The molecule has 2 rings (SSSR count). The van der Waals surface area contributed by atoms with E-state index in [-0.39, 0.29) is 0 Å². The summed E-state index contributed by atoms with van der Waals surface area (Å²) in [5.74, 6) is -0.407. The Kier molecular flexibility index (Phi) is 3.21. The Hall–Kier alpha value is -1.00. The average Bonchev–Trinajstić information content (AvgIpc) is 2.30. The maximum absolute atomic E-state index is 13.6. The summed E-state index contributed by atoms with van der Waals surface area (Å²) in [6, 6.07) is 1.58. The molecule has 1 aliphatic rings. The molecule has 0 bridgehead atoms. The van der Waals surface area contributed by atoms with E-state index in [2.05, 4.69) is 16.8 Å². The number of rotatable bonds is 2. The first-order valence-corrected chi connectivity index (χ1v) is 5.70. The zero-order valence-electron chi connectivity index (χ0n) is 9.49. The summed E-state index contributed by atoms with van der Waals surface area (Å²) >= 11 is 0. The van der Waals surface area contributed by atoms with Crippen molar-refractivity contribution in [2.75, 3.05) is 19.6 Å². The van der Waals surface area contributed by atoms with Crippen molar-refractivity contribution >= 4 is 0 Å². The summed E-state index contributed by atoms with van der Waals surface area (Å²) in [6.07, 6.45) is 3.87. The summed E-state index contributed by atoms with van der Waals surface area (Å²) in [5.41, 5.74) is -0.628. The summed E-state index contributed by atoms with van der Waals surface area (Å²) in [6.45, 7) is 4.70. The van der Waals surface area contributed by atoms with Crippen LogP contribution in [0.4, 0.5) is 4.39 Å². The number of piperidine rings is 1. The van der Waals surface area contributed by atoms with Gasteiger partial charge < -0.3 is 10.0 Å². The van der Waals surface area contributed by atoms with E-state index in [0.717, 1.165) is 19.6 Å². The van der Waals surface area contributed by atoms with Crippen molar-refractivity contribution in [3.05, 3.63) is 29.8 Å². The standard InChI is InChI=1S/C12H17FN2O/c1-2-15-7-4-12(16,5-8-15)10-3-6-14-9-11(10)13/h3,6,9,16H,2,4-5,7-8H2,1H3. The van der Waals surface area contributed by atoms with Gasteiger partial charge in [0.1, 0.15) is 5.82 Å². The van der Waals surface area contributed by atoms with Gasteiger partial charge in [-0.05, 0) is 25.5 Å². The van der Waals surface area contributed by atoms with Gasteiger partial charge in [-0.2, -0.15) is 0 Å². The van der Waals surface area contributed by atoms with Crippen LogP contribution in [0.2, 0.25) is 0 Å². The molecule has 88 valence electrons. The van der Waals surface area contributed by atoms with Crippen molar-refractivity contribution in [3.8, 4) is 0 Å². The van der Waals surface area contributed by atoms with Crippen LogP contribution in [0.5, 0.6) is 0 Å². The Morgan fingerprint density at radius 3 is 2.75 bits per heavy atom. The summed E-state index contributed by atoms with van der Waals surface area (Å²) in [5, 5.41) is 10.4. The monoisotopic (exact) mass is 224 g/mol. The fourth-order valence-corrected chi connectivity index (χ4v) is 2.26. The van der Waals surface area contributed by atoms with E-state index in [0.29, 0.717) is 18.4 Å². The molecule has 1 N–H and O–H groups in total. The lowest BCUT2D eigenvalue weighted by Gasteiger charge is -2.38. The van der Waals surface area contributed by atoms with Gasteiger partial charge in [0.2, 0.25) is 0 Å². The molecule has 0 saturated carbocycles. The maximum atomic E-state index is 13.6. The third-order valence-electron chi connectivity index (χ3n) is 3.40. The number of aliphatic hydroxyl groups is 1. The van der Waals surface area contributed by atoms with Crippen molar-refractivity contribution in [1.29, 1.82) is 0 Å². The van der Waals surface area contributed by atoms with E-state index in [1.165, 1.54) is 12.4 Å². The second kappa shape index (κ2) is 4.47. The Labute approximate surface area is 94.9 Å². The minimum atomic E-state index is -1.02. The van der Waals surface area contributed by atoms with E-state index >= 15 is 0 Å². The molecular formula is C12H17FN2O. The Bertz CT molecular complexity index is 362. The van der Waals surface area contributed by atoms with Gasteiger partial charge in [-0.3, -0.25) is 4.98 Å². The molecule has 0 unspecified atom stereocenters. The quantitative estimate of drug-likeness (QED) is 0.827. The highest BCUT2D eigenvalue weighted by Gasteiger charge is 2.35. The molecule has 1 aliphatic heterocycles. The molecular weight excluding hydrogens is 207 g/mol.